The lowest BCUT2D eigenvalue weighted by atomic mass is 10.0. The van der Waals surface area contributed by atoms with Crippen LogP contribution in [0.1, 0.15) is 48.1 Å². The van der Waals surface area contributed by atoms with E-state index in [1.807, 2.05) is 61.5 Å². The van der Waals surface area contributed by atoms with Crippen LogP contribution in [0.3, 0.4) is 0 Å². The molecule has 2 amide bonds. The number of carbonyl (C=O) groups is 2. The van der Waals surface area contributed by atoms with Crippen molar-refractivity contribution in [2.45, 2.75) is 32.7 Å². The molecule has 174 valence electrons. The average Bonchev–Trinajstić information content (AvgIpc) is 3.30. The van der Waals surface area contributed by atoms with E-state index >= 15 is 0 Å². The van der Waals surface area contributed by atoms with Crippen molar-refractivity contribution in [2.75, 3.05) is 12.1 Å². The molecule has 0 spiro atoms. The molecule has 1 aliphatic rings. The number of ether oxygens (including phenoxy) is 2. The summed E-state index contributed by atoms with van der Waals surface area (Å²) in [5.41, 5.74) is 4.43. The summed E-state index contributed by atoms with van der Waals surface area (Å²) in [7, 11) is 0. The number of fused-ring (bicyclic) bond motifs is 1. The minimum absolute atomic E-state index is 0.191. The normalized spacial score (nSPS) is 13.2. The summed E-state index contributed by atoms with van der Waals surface area (Å²) in [5.74, 6) is 1.03. The summed E-state index contributed by atoms with van der Waals surface area (Å²) in [6.45, 7) is 6.40. The van der Waals surface area contributed by atoms with Gasteiger partial charge >= 0.3 is 0 Å². The molecule has 0 bridgehead atoms. The smallest absolute Gasteiger partial charge is 0.251 e. The Kier molecular flexibility index (Phi) is 6.97. The molecule has 2 N–H and O–H groups in total. The fraction of sp³-hybridized carbons (Fsp3) is 0.214. The highest BCUT2D eigenvalue weighted by Gasteiger charge is 2.22. The Morgan fingerprint density at radius 2 is 1.56 bits per heavy atom. The lowest BCUT2D eigenvalue weighted by molar-refractivity contribution is -0.123. The minimum atomic E-state index is -0.848. The highest BCUT2D eigenvalue weighted by Crippen LogP contribution is 2.32. The minimum Gasteiger partial charge on any atom is -0.454 e. The van der Waals surface area contributed by atoms with Crippen LogP contribution < -0.4 is 20.1 Å². The second-order valence-corrected chi connectivity index (χ2v) is 8.56. The van der Waals surface area contributed by atoms with Gasteiger partial charge in [0.15, 0.2) is 11.5 Å². The van der Waals surface area contributed by atoms with Crippen molar-refractivity contribution in [1.29, 1.82) is 0 Å². The zero-order valence-corrected chi connectivity index (χ0v) is 19.5. The summed E-state index contributed by atoms with van der Waals surface area (Å²) < 4.78 is 10.7. The molecule has 1 unspecified atom stereocenters. The predicted molar refractivity (Wildman–Crippen MR) is 133 cm³/mol. The Hall–Kier alpha value is -4.06. The topological polar surface area (TPSA) is 76.7 Å². The molecule has 34 heavy (non-hydrogen) atoms. The third-order valence-corrected chi connectivity index (χ3v) is 5.63. The molecule has 6 heteroatoms. The van der Waals surface area contributed by atoms with Gasteiger partial charge in [0.2, 0.25) is 12.7 Å². The second kappa shape index (κ2) is 10.3. The van der Waals surface area contributed by atoms with E-state index in [-0.39, 0.29) is 18.6 Å². The number of nitrogens with one attached hydrogen (secondary N) is 2. The largest absolute Gasteiger partial charge is 0.454 e. The summed E-state index contributed by atoms with van der Waals surface area (Å²) in [6.07, 6.45) is 3.08. The van der Waals surface area contributed by atoms with E-state index in [2.05, 4.69) is 24.5 Å². The monoisotopic (exact) mass is 456 g/mol. The highest BCUT2D eigenvalue weighted by molar-refractivity contribution is 6.00. The van der Waals surface area contributed by atoms with Crippen LogP contribution >= 0.6 is 0 Å². The number of aryl methyl sites for hydroxylation is 1. The molecule has 3 aromatic rings. The molecule has 1 heterocycles. The van der Waals surface area contributed by atoms with Crippen molar-refractivity contribution in [3.8, 4) is 11.5 Å². The first-order valence-electron chi connectivity index (χ1n) is 11.2. The van der Waals surface area contributed by atoms with Crippen LogP contribution in [0, 0.1) is 6.92 Å². The van der Waals surface area contributed by atoms with E-state index < -0.39 is 6.04 Å². The lowest BCUT2D eigenvalue weighted by Gasteiger charge is -2.19. The van der Waals surface area contributed by atoms with Crippen LogP contribution in [0.15, 0.2) is 72.8 Å². The Morgan fingerprint density at radius 1 is 0.882 bits per heavy atom. The van der Waals surface area contributed by atoms with Gasteiger partial charge in [-0.15, -0.1) is 0 Å². The molecular weight excluding hydrogens is 428 g/mol. The van der Waals surface area contributed by atoms with E-state index in [9.17, 15) is 9.59 Å². The fourth-order valence-corrected chi connectivity index (χ4v) is 3.60. The first kappa shape index (κ1) is 23.1. The Balaban J connectivity index is 1.49. The number of anilines is 1. The second-order valence-electron chi connectivity index (χ2n) is 8.56. The number of benzene rings is 3. The van der Waals surface area contributed by atoms with Gasteiger partial charge in [-0.2, -0.15) is 0 Å². The first-order valence-corrected chi connectivity index (χ1v) is 11.2. The van der Waals surface area contributed by atoms with Crippen molar-refractivity contribution >= 4 is 23.6 Å². The summed E-state index contributed by atoms with van der Waals surface area (Å²) in [6, 6.07) is 19.9. The Bertz CT molecular complexity index is 1200. The van der Waals surface area contributed by atoms with Gasteiger partial charge in [-0.3, -0.25) is 9.59 Å². The number of hydrogen-bond acceptors (Lipinski definition) is 4. The van der Waals surface area contributed by atoms with Gasteiger partial charge in [-0.25, -0.2) is 0 Å². The molecule has 0 aliphatic carbocycles. The maximum absolute atomic E-state index is 13.2. The molecular formula is C28H28N2O4. The molecule has 0 aromatic heterocycles. The zero-order chi connectivity index (χ0) is 24.1. The van der Waals surface area contributed by atoms with Crippen LogP contribution in [0.2, 0.25) is 0 Å². The maximum atomic E-state index is 13.2. The molecule has 0 radical (unpaired) electrons. The zero-order valence-electron chi connectivity index (χ0n) is 19.5. The average molecular weight is 457 g/mol. The standard InChI is InChI=1S/C28H28N2O4/c1-18(2)21-10-12-23(13-11-21)29-28(32)27(22-8-4-19(3)5-9-22)30-26(31)15-7-20-6-14-24-25(16-20)34-17-33-24/h4-16,18,27H,17H2,1-3H3,(H,29,32)(H,30,31). The van der Waals surface area contributed by atoms with Gasteiger partial charge in [0.1, 0.15) is 6.04 Å². The van der Waals surface area contributed by atoms with Gasteiger partial charge in [-0.1, -0.05) is 61.9 Å². The highest BCUT2D eigenvalue weighted by atomic mass is 16.7. The maximum Gasteiger partial charge on any atom is 0.251 e. The van der Waals surface area contributed by atoms with Crippen molar-refractivity contribution < 1.29 is 19.1 Å². The van der Waals surface area contributed by atoms with Crippen molar-refractivity contribution in [2.24, 2.45) is 0 Å². The Labute approximate surface area is 199 Å². The third-order valence-electron chi connectivity index (χ3n) is 5.63. The van der Waals surface area contributed by atoms with E-state index in [1.54, 1.807) is 18.2 Å². The summed E-state index contributed by atoms with van der Waals surface area (Å²) >= 11 is 0. The number of hydrogen-bond donors (Lipinski definition) is 2. The van der Waals surface area contributed by atoms with Crippen molar-refractivity contribution in [1.82, 2.24) is 5.32 Å². The van der Waals surface area contributed by atoms with Crippen LogP contribution in [-0.4, -0.2) is 18.6 Å². The lowest BCUT2D eigenvalue weighted by Crippen LogP contribution is -2.36. The fourth-order valence-electron chi connectivity index (χ4n) is 3.60. The molecule has 1 aliphatic heterocycles. The Morgan fingerprint density at radius 3 is 2.26 bits per heavy atom. The third kappa shape index (κ3) is 5.64. The van der Waals surface area contributed by atoms with Gasteiger partial charge in [-0.05, 0) is 59.9 Å². The van der Waals surface area contributed by atoms with Gasteiger partial charge in [0.25, 0.3) is 5.91 Å². The molecule has 3 aromatic carbocycles. The number of amides is 2. The predicted octanol–water partition coefficient (Wildman–Crippen LogP) is 5.36. The molecule has 0 fully saturated rings. The molecule has 4 rings (SSSR count). The van der Waals surface area contributed by atoms with E-state index in [0.29, 0.717) is 28.7 Å². The van der Waals surface area contributed by atoms with Crippen LogP contribution in [0.25, 0.3) is 6.08 Å². The summed E-state index contributed by atoms with van der Waals surface area (Å²) in [5, 5.41) is 5.75. The molecule has 0 saturated heterocycles. The molecule has 6 nitrogen and oxygen atoms in total. The number of rotatable bonds is 7. The molecule has 0 saturated carbocycles. The van der Waals surface area contributed by atoms with Gasteiger partial charge in [0, 0.05) is 11.8 Å². The van der Waals surface area contributed by atoms with Gasteiger partial charge < -0.3 is 20.1 Å². The van der Waals surface area contributed by atoms with E-state index in [4.69, 9.17) is 9.47 Å². The SMILES string of the molecule is Cc1ccc(C(NC(=O)C=Cc2ccc3c(c2)OCO3)C(=O)Nc2ccc(C(C)C)cc2)cc1. The quantitative estimate of drug-likeness (QED) is 0.470. The van der Waals surface area contributed by atoms with E-state index in [1.165, 1.54) is 11.6 Å². The van der Waals surface area contributed by atoms with Crippen molar-refractivity contribution in [3.05, 3.63) is 95.1 Å². The van der Waals surface area contributed by atoms with Crippen LogP contribution in [0.4, 0.5) is 5.69 Å². The number of carbonyl (C=O) groups excluding carboxylic acids is 2. The first-order chi connectivity index (χ1) is 16.4. The van der Waals surface area contributed by atoms with Crippen molar-refractivity contribution in [3.63, 3.8) is 0 Å². The van der Waals surface area contributed by atoms with Crippen LogP contribution in [0.5, 0.6) is 11.5 Å². The van der Waals surface area contributed by atoms with Crippen LogP contribution in [-0.2, 0) is 9.59 Å². The molecule has 1 atom stereocenters. The van der Waals surface area contributed by atoms with Gasteiger partial charge in [0.05, 0.1) is 0 Å². The van der Waals surface area contributed by atoms with E-state index in [0.717, 1.165) is 11.1 Å². The summed E-state index contributed by atoms with van der Waals surface area (Å²) in [4.78, 5) is 25.9.